The van der Waals surface area contributed by atoms with Gasteiger partial charge in [-0.05, 0) is 62.2 Å². The van der Waals surface area contributed by atoms with Crippen LogP contribution in [0.15, 0.2) is 47.6 Å². The van der Waals surface area contributed by atoms with E-state index >= 15 is 0 Å². The Morgan fingerprint density at radius 1 is 1.15 bits per heavy atom. The summed E-state index contributed by atoms with van der Waals surface area (Å²) in [5, 5.41) is -0.497. The van der Waals surface area contributed by atoms with Crippen LogP contribution in [0, 0.1) is 5.82 Å². The highest BCUT2D eigenvalue weighted by Gasteiger charge is 2.32. The standard InChI is InChI=1S/C19H22FN3O3S/c20-16-4-1-14(2-5-16)7-10-23-11-8-17(9-12-23)27(25,26)18-6-3-15(13-22-18)19(21)24/h1-6,13,17H,7-12H2,(H2,21,24). The molecule has 1 aromatic carbocycles. The maximum atomic E-state index is 12.9. The number of primary amides is 1. The first-order chi connectivity index (χ1) is 12.9. The summed E-state index contributed by atoms with van der Waals surface area (Å²) in [6.45, 7) is 2.18. The number of amides is 1. The number of carbonyl (C=O) groups is 1. The Bertz CT molecular complexity index is 891. The molecule has 2 heterocycles. The van der Waals surface area contributed by atoms with Crippen LogP contribution in [0.4, 0.5) is 4.39 Å². The van der Waals surface area contributed by atoms with Crippen molar-refractivity contribution in [3.63, 3.8) is 0 Å². The van der Waals surface area contributed by atoms with Gasteiger partial charge >= 0.3 is 0 Å². The van der Waals surface area contributed by atoms with Crippen LogP contribution < -0.4 is 5.73 Å². The summed E-state index contributed by atoms with van der Waals surface area (Å²) in [7, 11) is -3.53. The van der Waals surface area contributed by atoms with Crippen molar-refractivity contribution in [3.05, 3.63) is 59.5 Å². The Kier molecular flexibility index (Phi) is 5.86. The third kappa shape index (κ3) is 4.70. The molecule has 144 valence electrons. The number of halogens is 1. The maximum absolute atomic E-state index is 12.9. The molecular weight excluding hydrogens is 369 g/mol. The number of likely N-dealkylation sites (tertiary alicyclic amines) is 1. The van der Waals surface area contributed by atoms with E-state index in [1.807, 2.05) is 0 Å². The summed E-state index contributed by atoms with van der Waals surface area (Å²) >= 11 is 0. The summed E-state index contributed by atoms with van der Waals surface area (Å²) in [4.78, 5) is 17.2. The molecule has 0 atom stereocenters. The summed E-state index contributed by atoms with van der Waals surface area (Å²) in [6.07, 6.45) is 3.07. The van der Waals surface area contributed by atoms with Crippen molar-refractivity contribution in [2.24, 2.45) is 5.73 Å². The second kappa shape index (κ2) is 8.14. The molecule has 1 amide bonds. The smallest absolute Gasteiger partial charge is 0.250 e. The van der Waals surface area contributed by atoms with Gasteiger partial charge in [0.05, 0.1) is 10.8 Å². The fourth-order valence-corrected chi connectivity index (χ4v) is 4.88. The number of piperidine rings is 1. The summed E-state index contributed by atoms with van der Waals surface area (Å²) in [6, 6.07) is 9.17. The first-order valence-electron chi connectivity index (χ1n) is 8.83. The summed E-state index contributed by atoms with van der Waals surface area (Å²) < 4.78 is 38.4. The van der Waals surface area contributed by atoms with Crippen molar-refractivity contribution in [1.82, 2.24) is 9.88 Å². The molecule has 3 rings (SSSR count). The Morgan fingerprint density at radius 3 is 2.37 bits per heavy atom. The molecule has 0 saturated carbocycles. The number of hydrogen-bond donors (Lipinski definition) is 1. The van der Waals surface area contributed by atoms with Gasteiger partial charge in [-0.15, -0.1) is 0 Å². The van der Waals surface area contributed by atoms with Gasteiger partial charge < -0.3 is 10.6 Å². The Morgan fingerprint density at radius 2 is 1.81 bits per heavy atom. The molecule has 0 aliphatic carbocycles. The van der Waals surface area contributed by atoms with E-state index in [-0.39, 0.29) is 16.4 Å². The van der Waals surface area contributed by atoms with E-state index in [0.717, 1.165) is 18.5 Å². The Hall–Kier alpha value is -2.32. The van der Waals surface area contributed by atoms with Crippen LogP contribution in [0.3, 0.4) is 0 Å². The fourth-order valence-electron chi connectivity index (χ4n) is 3.25. The zero-order valence-corrected chi connectivity index (χ0v) is 15.7. The number of rotatable bonds is 6. The molecule has 0 bridgehead atoms. The molecular formula is C19H22FN3O3S. The molecule has 8 heteroatoms. The summed E-state index contributed by atoms with van der Waals surface area (Å²) in [5.74, 6) is -0.886. The van der Waals surface area contributed by atoms with Crippen molar-refractivity contribution in [3.8, 4) is 0 Å². The molecule has 1 fully saturated rings. The molecule has 2 aromatic rings. The van der Waals surface area contributed by atoms with Gasteiger partial charge in [-0.25, -0.2) is 17.8 Å². The molecule has 6 nitrogen and oxygen atoms in total. The third-order valence-electron chi connectivity index (χ3n) is 4.92. The van der Waals surface area contributed by atoms with Gasteiger partial charge in [-0.1, -0.05) is 12.1 Å². The Labute approximate surface area is 158 Å². The zero-order chi connectivity index (χ0) is 19.4. The average molecular weight is 391 g/mol. The van der Waals surface area contributed by atoms with Crippen LogP contribution in [-0.4, -0.2) is 49.1 Å². The fraction of sp³-hybridized carbons (Fsp3) is 0.368. The second-order valence-corrected chi connectivity index (χ2v) is 8.89. The molecule has 0 unspecified atom stereocenters. The van der Waals surface area contributed by atoms with Gasteiger partial charge in [-0.2, -0.15) is 0 Å². The predicted octanol–water partition coefficient (Wildman–Crippen LogP) is 1.80. The van der Waals surface area contributed by atoms with Crippen molar-refractivity contribution >= 4 is 15.7 Å². The van der Waals surface area contributed by atoms with Crippen molar-refractivity contribution in [2.75, 3.05) is 19.6 Å². The van der Waals surface area contributed by atoms with E-state index in [1.165, 1.54) is 30.5 Å². The molecule has 27 heavy (non-hydrogen) atoms. The van der Waals surface area contributed by atoms with Crippen LogP contribution in [-0.2, 0) is 16.3 Å². The number of aromatic nitrogens is 1. The lowest BCUT2D eigenvalue weighted by Crippen LogP contribution is -2.40. The van der Waals surface area contributed by atoms with Gasteiger partial charge in [0.15, 0.2) is 14.9 Å². The zero-order valence-electron chi connectivity index (χ0n) is 14.8. The maximum Gasteiger partial charge on any atom is 0.250 e. The van der Waals surface area contributed by atoms with Crippen LogP contribution in [0.25, 0.3) is 0 Å². The van der Waals surface area contributed by atoms with E-state index in [2.05, 4.69) is 9.88 Å². The number of nitrogens with two attached hydrogens (primary N) is 1. The third-order valence-corrected chi connectivity index (χ3v) is 7.09. The van der Waals surface area contributed by atoms with Crippen LogP contribution in [0.1, 0.15) is 28.8 Å². The van der Waals surface area contributed by atoms with E-state index in [0.29, 0.717) is 25.9 Å². The van der Waals surface area contributed by atoms with Gasteiger partial charge in [0.2, 0.25) is 5.91 Å². The average Bonchev–Trinajstić information content (AvgIpc) is 2.68. The minimum Gasteiger partial charge on any atom is -0.366 e. The molecule has 2 N–H and O–H groups in total. The predicted molar refractivity (Wildman–Crippen MR) is 99.5 cm³/mol. The largest absolute Gasteiger partial charge is 0.366 e. The molecule has 0 spiro atoms. The number of sulfone groups is 1. The number of nitrogens with zero attached hydrogens (tertiary/aromatic N) is 2. The lowest BCUT2D eigenvalue weighted by Gasteiger charge is -2.31. The number of benzene rings is 1. The normalized spacial score (nSPS) is 16.3. The first-order valence-corrected chi connectivity index (χ1v) is 10.4. The lowest BCUT2D eigenvalue weighted by molar-refractivity contribution is 0.1000. The highest BCUT2D eigenvalue weighted by atomic mass is 32.2. The Balaban J connectivity index is 1.56. The molecule has 0 radical (unpaired) electrons. The highest BCUT2D eigenvalue weighted by molar-refractivity contribution is 7.92. The second-order valence-electron chi connectivity index (χ2n) is 6.71. The molecule has 1 aliphatic heterocycles. The van der Waals surface area contributed by atoms with Crippen LogP contribution in [0.2, 0.25) is 0 Å². The van der Waals surface area contributed by atoms with E-state index < -0.39 is 21.0 Å². The lowest BCUT2D eigenvalue weighted by atomic mass is 10.1. The van der Waals surface area contributed by atoms with Crippen LogP contribution in [0.5, 0.6) is 0 Å². The topological polar surface area (TPSA) is 93.4 Å². The molecule has 1 saturated heterocycles. The SMILES string of the molecule is NC(=O)c1ccc(S(=O)(=O)C2CCN(CCc3ccc(F)cc3)CC2)nc1. The minimum absolute atomic E-state index is 0.0164. The first kappa shape index (κ1) is 19.4. The van der Waals surface area contributed by atoms with E-state index in [9.17, 15) is 17.6 Å². The van der Waals surface area contributed by atoms with Crippen molar-refractivity contribution in [1.29, 1.82) is 0 Å². The highest BCUT2D eigenvalue weighted by Crippen LogP contribution is 2.23. The van der Waals surface area contributed by atoms with Gasteiger partial charge in [-0.3, -0.25) is 4.79 Å². The quantitative estimate of drug-likeness (QED) is 0.810. The number of carbonyl (C=O) groups excluding carboxylic acids is 1. The van der Waals surface area contributed by atoms with E-state index in [1.54, 1.807) is 12.1 Å². The van der Waals surface area contributed by atoms with Gasteiger partial charge in [0.1, 0.15) is 5.82 Å². The molecule has 1 aromatic heterocycles. The number of pyridine rings is 1. The van der Waals surface area contributed by atoms with Gasteiger partial charge in [0, 0.05) is 12.7 Å². The van der Waals surface area contributed by atoms with Crippen LogP contribution >= 0.6 is 0 Å². The van der Waals surface area contributed by atoms with Crippen molar-refractivity contribution in [2.45, 2.75) is 29.5 Å². The molecule has 1 aliphatic rings. The minimum atomic E-state index is -3.53. The van der Waals surface area contributed by atoms with E-state index in [4.69, 9.17) is 5.73 Å². The van der Waals surface area contributed by atoms with Gasteiger partial charge in [0.25, 0.3) is 0 Å². The monoisotopic (exact) mass is 391 g/mol. The number of hydrogen-bond acceptors (Lipinski definition) is 5. The van der Waals surface area contributed by atoms with Crippen molar-refractivity contribution < 1.29 is 17.6 Å². The summed E-state index contributed by atoms with van der Waals surface area (Å²) in [5.41, 5.74) is 6.40.